The van der Waals surface area contributed by atoms with Gasteiger partial charge >= 0.3 is 0 Å². The van der Waals surface area contributed by atoms with E-state index in [0.29, 0.717) is 28.4 Å². The van der Waals surface area contributed by atoms with Crippen LogP contribution in [-0.4, -0.2) is 29.8 Å². The molecule has 29 heavy (non-hydrogen) atoms. The van der Waals surface area contributed by atoms with E-state index in [4.69, 9.17) is 0 Å². The molecule has 0 spiro atoms. The number of benzene rings is 2. The number of rotatable bonds is 3. The number of nitrogens with zero attached hydrogens (tertiary/aromatic N) is 2. The number of imide groups is 1. The smallest absolute Gasteiger partial charge is 0.282 e. The Morgan fingerprint density at radius 3 is 2.34 bits per heavy atom. The highest BCUT2D eigenvalue weighted by atomic mass is 19.1. The number of hydrogen-bond acceptors (Lipinski definition) is 3. The summed E-state index contributed by atoms with van der Waals surface area (Å²) in [5.74, 6) is -0.570. The first-order chi connectivity index (χ1) is 13.9. The molecular formula is C24H25FN2O2. The fourth-order valence-electron chi connectivity index (χ4n) is 4.18. The normalized spacial score (nSPS) is 20.1. The van der Waals surface area contributed by atoms with Crippen LogP contribution in [0.1, 0.15) is 36.5 Å². The maximum atomic E-state index is 13.5. The molecule has 4 nitrogen and oxygen atoms in total. The molecule has 2 amide bonds. The second-order valence-corrected chi connectivity index (χ2v) is 8.14. The zero-order valence-electron chi connectivity index (χ0n) is 17.0. The maximum absolute atomic E-state index is 13.5. The van der Waals surface area contributed by atoms with Gasteiger partial charge < -0.3 is 4.90 Å². The quantitative estimate of drug-likeness (QED) is 0.724. The lowest BCUT2D eigenvalue weighted by molar-refractivity contribution is -0.120. The first-order valence-corrected chi connectivity index (χ1v) is 10.1. The summed E-state index contributed by atoms with van der Waals surface area (Å²) in [5, 5.41) is 0. The number of amides is 2. The van der Waals surface area contributed by atoms with E-state index in [2.05, 4.69) is 6.92 Å². The molecule has 1 fully saturated rings. The van der Waals surface area contributed by atoms with Crippen molar-refractivity contribution < 1.29 is 14.0 Å². The number of anilines is 1. The van der Waals surface area contributed by atoms with Gasteiger partial charge in [-0.2, -0.15) is 0 Å². The van der Waals surface area contributed by atoms with Crippen LogP contribution in [0.3, 0.4) is 0 Å². The van der Waals surface area contributed by atoms with Gasteiger partial charge in [-0.15, -0.1) is 0 Å². The summed E-state index contributed by atoms with van der Waals surface area (Å²) < 4.78 is 13.5. The van der Waals surface area contributed by atoms with E-state index in [9.17, 15) is 14.0 Å². The molecule has 2 aliphatic rings. The zero-order valence-corrected chi connectivity index (χ0v) is 17.0. The SMILES string of the molecule is Cc1ccc(N2C(=O)C(c3ccc(F)cc3)=C(N3CCCC(C)C3)C2=O)cc1C. The summed E-state index contributed by atoms with van der Waals surface area (Å²) in [4.78, 5) is 30.3. The molecule has 4 rings (SSSR count). The highest BCUT2D eigenvalue weighted by molar-refractivity contribution is 6.45. The van der Waals surface area contributed by atoms with Gasteiger partial charge in [0, 0.05) is 13.1 Å². The molecular weight excluding hydrogens is 367 g/mol. The van der Waals surface area contributed by atoms with E-state index in [-0.39, 0.29) is 17.6 Å². The van der Waals surface area contributed by atoms with Gasteiger partial charge in [0.25, 0.3) is 11.8 Å². The van der Waals surface area contributed by atoms with Crippen LogP contribution in [0, 0.1) is 25.6 Å². The number of piperidine rings is 1. The van der Waals surface area contributed by atoms with Crippen LogP contribution in [-0.2, 0) is 9.59 Å². The van der Waals surface area contributed by atoms with Crippen LogP contribution in [0.2, 0.25) is 0 Å². The summed E-state index contributed by atoms with van der Waals surface area (Å²) in [6, 6.07) is 11.4. The molecule has 0 saturated carbocycles. The molecule has 0 radical (unpaired) electrons. The van der Waals surface area contributed by atoms with Crippen molar-refractivity contribution in [2.45, 2.75) is 33.6 Å². The Morgan fingerprint density at radius 2 is 1.69 bits per heavy atom. The average molecular weight is 392 g/mol. The molecule has 5 heteroatoms. The van der Waals surface area contributed by atoms with Gasteiger partial charge in [0.1, 0.15) is 11.5 Å². The molecule has 0 N–H and O–H groups in total. The molecule has 1 unspecified atom stereocenters. The van der Waals surface area contributed by atoms with Crippen molar-refractivity contribution in [3.63, 3.8) is 0 Å². The molecule has 2 heterocycles. The van der Waals surface area contributed by atoms with Crippen molar-refractivity contribution in [3.8, 4) is 0 Å². The van der Waals surface area contributed by atoms with Crippen LogP contribution >= 0.6 is 0 Å². The summed E-state index contributed by atoms with van der Waals surface area (Å²) in [5.41, 5.74) is 4.07. The third-order valence-corrected chi connectivity index (χ3v) is 5.91. The van der Waals surface area contributed by atoms with Gasteiger partial charge in [0.15, 0.2) is 0 Å². The monoisotopic (exact) mass is 392 g/mol. The number of hydrogen-bond donors (Lipinski definition) is 0. The molecule has 2 aliphatic heterocycles. The van der Waals surface area contributed by atoms with Crippen molar-refractivity contribution >= 4 is 23.1 Å². The number of halogens is 1. The van der Waals surface area contributed by atoms with Crippen molar-refractivity contribution in [1.82, 2.24) is 4.90 Å². The van der Waals surface area contributed by atoms with E-state index in [1.165, 1.54) is 17.0 Å². The summed E-state index contributed by atoms with van der Waals surface area (Å²) >= 11 is 0. The minimum Gasteiger partial charge on any atom is -0.366 e. The topological polar surface area (TPSA) is 40.6 Å². The van der Waals surface area contributed by atoms with E-state index in [0.717, 1.165) is 37.1 Å². The van der Waals surface area contributed by atoms with Gasteiger partial charge in [0.05, 0.1) is 11.3 Å². The Labute approximate surface area is 170 Å². The third-order valence-electron chi connectivity index (χ3n) is 5.91. The molecule has 0 aliphatic carbocycles. The predicted molar refractivity (Wildman–Crippen MR) is 112 cm³/mol. The molecule has 1 atom stereocenters. The van der Waals surface area contributed by atoms with Crippen LogP contribution < -0.4 is 4.90 Å². The van der Waals surface area contributed by atoms with Gasteiger partial charge in [-0.3, -0.25) is 9.59 Å². The van der Waals surface area contributed by atoms with Gasteiger partial charge in [-0.1, -0.05) is 25.1 Å². The molecule has 2 aromatic carbocycles. The minimum atomic E-state index is -0.370. The lowest BCUT2D eigenvalue weighted by Gasteiger charge is -2.33. The van der Waals surface area contributed by atoms with Crippen LogP contribution in [0.15, 0.2) is 48.2 Å². The number of aryl methyl sites for hydroxylation is 2. The second-order valence-electron chi connectivity index (χ2n) is 8.14. The Bertz CT molecular complexity index is 1010. The zero-order chi connectivity index (χ0) is 20.7. The first-order valence-electron chi connectivity index (χ1n) is 10.1. The van der Waals surface area contributed by atoms with Crippen molar-refractivity contribution in [2.24, 2.45) is 5.92 Å². The first kappa shape index (κ1) is 19.4. The number of carbonyl (C=O) groups excluding carboxylic acids is 2. The third kappa shape index (κ3) is 3.46. The maximum Gasteiger partial charge on any atom is 0.282 e. The van der Waals surface area contributed by atoms with E-state index in [1.807, 2.05) is 36.9 Å². The van der Waals surface area contributed by atoms with Crippen molar-refractivity contribution in [3.05, 3.63) is 70.7 Å². The van der Waals surface area contributed by atoms with Gasteiger partial charge in [0.2, 0.25) is 0 Å². The Balaban J connectivity index is 1.83. The number of carbonyl (C=O) groups is 2. The molecule has 0 bridgehead atoms. The largest absolute Gasteiger partial charge is 0.366 e. The lowest BCUT2D eigenvalue weighted by atomic mass is 9.98. The summed E-state index contributed by atoms with van der Waals surface area (Å²) in [6.07, 6.45) is 2.09. The van der Waals surface area contributed by atoms with E-state index in [1.54, 1.807) is 12.1 Å². The Hall–Kier alpha value is -2.95. The standard InChI is InChI=1S/C24H25FN2O2/c1-15-5-4-12-26(14-15)22-21(18-7-9-19(25)10-8-18)23(28)27(24(22)29)20-11-6-16(2)17(3)13-20/h6-11,13,15H,4-5,12,14H2,1-3H3. The highest BCUT2D eigenvalue weighted by Gasteiger charge is 2.43. The fraction of sp³-hybridized carbons (Fsp3) is 0.333. The molecule has 1 saturated heterocycles. The number of likely N-dealkylation sites (tertiary alicyclic amines) is 1. The summed E-state index contributed by atoms with van der Waals surface area (Å²) in [6.45, 7) is 7.59. The minimum absolute atomic E-state index is 0.299. The highest BCUT2D eigenvalue weighted by Crippen LogP contribution is 2.36. The Morgan fingerprint density at radius 1 is 0.966 bits per heavy atom. The van der Waals surface area contributed by atoms with Gasteiger partial charge in [-0.05, 0) is 73.6 Å². The lowest BCUT2D eigenvalue weighted by Crippen LogP contribution is -2.39. The summed E-state index contributed by atoms with van der Waals surface area (Å²) in [7, 11) is 0. The molecule has 2 aromatic rings. The van der Waals surface area contributed by atoms with Crippen molar-refractivity contribution in [2.75, 3.05) is 18.0 Å². The van der Waals surface area contributed by atoms with E-state index >= 15 is 0 Å². The van der Waals surface area contributed by atoms with Crippen LogP contribution in [0.5, 0.6) is 0 Å². The van der Waals surface area contributed by atoms with Crippen LogP contribution in [0.25, 0.3) is 5.57 Å². The van der Waals surface area contributed by atoms with E-state index < -0.39 is 0 Å². The second kappa shape index (κ2) is 7.47. The average Bonchev–Trinajstić information content (AvgIpc) is 2.95. The molecule has 0 aromatic heterocycles. The van der Waals surface area contributed by atoms with Crippen LogP contribution in [0.4, 0.5) is 10.1 Å². The molecule has 150 valence electrons. The van der Waals surface area contributed by atoms with Crippen molar-refractivity contribution in [1.29, 1.82) is 0 Å². The predicted octanol–water partition coefficient (Wildman–Crippen LogP) is 4.46. The van der Waals surface area contributed by atoms with Gasteiger partial charge in [-0.25, -0.2) is 9.29 Å². The fourth-order valence-corrected chi connectivity index (χ4v) is 4.18. The Kier molecular flexibility index (Phi) is 4.99.